The van der Waals surface area contributed by atoms with Gasteiger partial charge >= 0.3 is 0 Å². The molecule has 0 bridgehead atoms. The summed E-state index contributed by atoms with van der Waals surface area (Å²) in [5.74, 6) is -0.360. The molecule has 2 aliphatic rings. The Morgan fingerprint density at radius 2 is 2.03 bits per heavy atom. The number of hydrogen-bond donors (Lipinski definition) is 4. The van der Waals surface area contributed by atoms with Gasteiger partial charge in [-0.05, 0) is 41.8 Å². The summed E-state index contributed by atoms with van der Waals surface area (Å²) in [5.41, 5.74) is 2.70. The molecule has 2 aromatic rings. The minimum Gasteiger partial charge on any atom is -0.555 e. The predicted octanol–water partition coefficient (Wildman–Crippen LogP) is 4.17. The first-order valence-electron chi connectivity index (χ1n) is 10.7. The molecule has 1 aliphatic heterocycles. The van der Waals surface area contributed by atoms with Crippen LogP contribution in [0.4, 0.5) is 11.4 Å². The van der Waals surface area contributed by atoms with Gasteiger partial charge in [0.2, 0.25) is 0 Å². The number of Topliss-reactive ketones (excluding diaryl/α,β-unsaturated/α-hetero) is 1. The summed E-state index contributed by atoms with van der Waals surface area (Å²) in [5, 5.41) is 25.5. The first-order chi connectivity index (χ1) is 17.1. The normalized spacial score (nSPS) is 17.2. The minimum absolute atomic E-state index is 0. The Hall–Kier alpha value is -1.90. The standard InChI is InChI=1S/C24H23N3O7S2.Y/c1-24(2)19-12-15(35-34-33-30)6-9-20(19)27-21(24)13-18-22(28)17(23(18)29)10-11-26-14-4-7-16(8-5-14)36(31,32)25-3;/h4,6-9,11-13,25-26,28,30H,10H2,1-3H3;/q-2;/b18-13-;. The zero-order chi connectivity index (χ0) is 26.1. The van der Waals surface area contributed by atoms with Crippen molar-refractivity contribution in [3.05, 3.63) is 77.6 Å². The Kier molecular flexibility index (Phi) is 9.52. The second kappa shape index (κ2) is 11.9. The monoisotopic (exact) mass is 618 g/mol. The molecule has 0 unspecified atom stereocenters. The molecule has 2 aromatic carbocycles. The number of carbonyl (C=O) groups excluding carboxylic acids is 1. The van der Waals surface area contributed by atoms with Gasteiger partial charge in [-0.15, -0.1) is 22.5 Å². The van der Waals surface area contributed by atoms with E-state index in [1.54, 1.807) is 30.8 Å². The third-order valence-corrected chi connectivity index (χ3v) is 7.94. The summed E-state index contributed by atoms with van der Waals surface area (Å²) in [4.78, 5) is 18.1. The zero-order valence-corrected chi connectivity index (χ0v) is 24.6. The van der Waals surface area contributed by atoms with Crippen LogP contribution in [0.3, 0.4) is 0 Å². The van der Waals surface area contributed by atoms with Crippen LogP contribution in [0, 0.1) is 12.6 Å². The molecule has 0 aromatic heterocycles. The van der Waals surface area contributed by atoms with E-state index >= 15 is 0 Å². The molecule has 10 nitrogen and oxygen atoms in total. The molecule has 4 N–H and O–H groups in total. The van der Waals surface area contributed by atoms with E-state index in [0.29, 0.717) is 16.3 Å². The number of carbonyl (C=O) groups is 1. The maximum Gasteiger partial charge on any atom is 0.193 e. The Balaban J connectivity index is 0.00000380. The number of benzene rings is 2. The Bertz CT molecular complexity index is 1400. The fourth-order valence-electron chi connectivity index (χ4n) is 3.83. The molecule has 13 heteroatoms. The molecule has 4 rings (SSSR count). The van der Waals surface area contributed by atoms with Crippen LogP contribution in [0.15, 0.2) is 74.2 Å². The number of aliphatic hydroxyl groups excluding tert-OH is 1. The van der Waals surface area contributed by atoms with Crippen LogP contribution in [0.2, 0.25) is 0 Å². The maximum atomic E-state index is 12.7. The molecule has 1 heterocycles. The van der Waals surface area contributed by atoms with Crippen molar-refractivity contribution in [2.24, 2.45) is 4.99 Å². The molecule has 37 heavy (non-hydrogen) atoms. The number of aliphatic imine (C=N–C) groups is 1. The number of ketones is 1. The van der Waals surface area contributed by atoms with Gasteiger partial charge in [-0.3, -0.25) is 9.79 Å². The summed E-state index contributed by atoms with van der Waals surface area (Å²) < 4.78 is 30.3. The van der Waals surface area contributed by atoms with Gasteiger partial charge in [0.05, 0.1) is 29.0 Å². The Labute approximate surface area is 244 Å². The van der Waals surface area contributed by atoms with Crippen molar-refractivity contribution in [2.45, 2.75) is 35.5 Å². The molecule has 0 atom stereocenters. The predicted molar refractivity (Wildman–Crippen MR) is 134 cm³/mol. The van der Waals surface area contributed by atoms with Crippen molar-refractivity contribution < 1.29 is 65.7 Å². The number of sulfonamides is 1. The van der Waals surface area contributed by atoms with Crippen LogP contribution >= 0.6 is 12.0 Å². The average molecular weight is 619 g/mol. The number of nitrogens with zero attached hydrogens (tertiary/aromatic N) is 1. The minimum atomic E-state index is -3.55. The van der Waals surface area contributed by atoms with Gasteiger partial charge in [-0.1, -0.05) is 18.9 Å². The Morgan fingerprint density at radius 3 is 2.65 bits per heavy atom. The molecular weight excluding hydrogens is 595 g/mol. The van der Waals surface area contributed by atoms with Crippen molar-refractivity contribution in [3.63, 3.8) is 0 Å². The first-order valence-corrected chi connectivity index (χ1v) is 12.9. The number of hydrogen-bond acceptors (Lipinski definition) is 10. The number of nitrogens with one attached hydrogen (secondary N) is 2. The van der Waals surface area contributed by atoms with Crippen LogP contribution in [0.25, 0.3) is 0 Å². The van der Waals surface area contributed by atoms with Gasteiger partial charge in [0.25, 0.3) is 0 Å². The number of anilines is 1. The molecule has 0 fully saturated rings. The van der Waals surface area contributed by atoms with E-state index in [9.17, 15) is 18.3 Å². The first kappa shape index (κ1) is 29.7. The van der Waals surface area contributed by atoms with E-state index in [4.69, 9.17) is 5.26 Å². The number of rotatable bonds is 10. The maximum absolute atomic E-state index is 12.7. The molecule has 193 valence electrons. The number of aliphatic hydroxyl groups is 1. The molecule has 1 aliphatic carbocycles. The smallest absolute Gasteiger partial charge is 0.193 e. The summed E-state index contributed by atoms with van der Waals surface area (Å²) in [6.45, 7) is 5.50. The van der Waals surface area contributed by atoms with E-state index in [-0.39, 0.29) is 66.7 Å². The van der Waals surface area contributed by atoms with E-state index in [1.165, 1.54) is 19.2 Å². The summed E-state index contributed by atoms with van der Waals surface area (Å²) in [6, 6.07) is 12.6. The second-order valence-electron chi connectivity index (χ2n) is 8.44. The van der Waals surface area contributed by atoms with Gasteiger partial charge in [-0.2, -0.15) is 18.2 Å². The van der Waals surface area contributed by atoms with Crippen LogP contribution in [0.1, 0.15) is 25.8 Å². The quantitative estimate of drug-likeness (QED) is 0.101. The van der Waals surface area contributed by atoms with Gasteiger partial charge < -0.3 is 10.4 Å². The van der Waals surface area contributed by atoms with Crippen molar-refractivity contribution in [3.8, 4) is 0 Å². The van der Waals surface area contributed by atoms with Crippen molar-refractivity contribution in [2.75, 3.05) is 12.4 Å². The van der Waals surface area contributed by atoms with Gasteiger partial charge in [0, 0.05) is 48.6 Å². The molecule has 0 amide bonds. The largest absolute Gasteiger partial charge is 0.555 e. The van der Waals surface area contributed by atoms with Crippen LogP contribution in [0.5, 0.6) is 0 Å². The van der Waals surface area contributed by atoms with E-state index in [1.807, 2.05) is 19.9 Å². The molecular formula is C24H23N3O7S2Y-2. The van der Waals surface area contributed by atoms with Crippen LogP contribution in [-0.4, -0.2) is 37.3 Å². The third-order valence-electron chi connectivity index (χ3n) is 5.95. The Morgan fingerprint density at radius 1 is 1.27 bits per heavy atom. The summed E-state index contributed by atoms with van der Waals surface area (Å²) in [7, 11) is -2.22. The van der Waals surface area contributed by atoms with Gasteiger partial charge in [0.15, 0.2) is 15.8 Å². The SMILES string of the molecule is CNS(=O)(=O)c1c[c-]c(N[CH-]CC2=C(O)/C(=C/C3=Nc4ccc(SOOO)cc4C3(C)C)C2=O)cc1.[Y]. The van der Waals surface area contributed by atoms with E-state index in [2.05, 4.69) is 30.5 Å². The molecule has 0 saturated heterocycles. The van der Waals surface area contributed by atoms with Crippen molar-refractivity contribution in [1.29, 1.82) is 0 Å². The number of fused-ring (bicyclic) bond motifs is 1. The molecule has 0 spiro atoms. The topological polar surface area (TPSA) is 147 Å². The fourth-order valence-corrected chi connectivity index (χ4v) is 4.92. The van der Waals surface area contributed by atoms with Gasteiger partial charge in [-0.25, -0.2) is 24.9 Å². The zero-order valence-electron chi connectivity index (χ0n) is 20.1. The average Bonchev–Trinajstić information content (AvgIpc) is 3.12. The van der Waals surface area contributed by atoms with Crippen molar-refractivity contribution in [1.82, 2.24) is 4.72 Å². The van der Waals surface area contributed by atoms with Crippen LogP contribution < -0.4 is 10.0 Å². The van der Waals surface area contributed by atoms with E-state index < -0.39 is 15.4 Å². The molecule has 0 saturated carbocycles. The van der Waals surface area contributed by atoms with Crippen LogP contribution in [-0.2, 0) is 62.3 Å². The molecule has 1 radical (unpaired) electrons. The third kappa shape index (κ3) is 6.07. The van der Waals surface area contributed by atoms with Crippen molar-refractivity contribution >= 4 is 44.9 Å². The summed E-state index contributed by atoms with van der Waals surface area (Å²) >= 11 is 0.846. The van der Waals surface area contributed by atoms with E-state index in [0.717, 1.165) is 23.3 Å². The fraction of sp³-hybridized carbons (Fsp3) is 0.208. The summed E-state index contributed by atoms with van der Waals surface area (Å²) in [6.07, 6.45) is 1.76. The van der Waals surface area contributed by atoms with Gasteiger partial charge in [0.1, 0.15) is 5.76 Å². The second-order valence-corrected chi connectivity index (χ2v) is 11.1. The number of allylic oxidation sites excluding steroid dienone is 2.